The van der Waals surface area contributed by atoms with E-state index in [2.05, 4.69) is 15.4 Å². The first kappa shape index (κ1) is 11.1. The Morgan fingerprint density at radius 2 is 2.17 bits per heavy atom. The molecule has 18 heavy (non-hydrogen) atoms. The van der Waals surface area contributed by atoms with Crippen LogP contribution in [-0.4, -0.2) is 24.8 Å². The lowest BCUT2D eigenvalue weighted by atomic mass is 9.93. The quantitative estimate of drug-likeness (QED) is 0.799. The third-order valence-corrected chi connectivity index (χ3v) is 3.39. The molecule has 0 radical (unpaired) electrons. The van der Waals surface area contributed by atoms with Crippen molar-refractivity contribution >= 4 is 0 Å². The molecular formula is C12H15N5O. The first-order valence-electron chi connectivity index (χ1n) is 6.27. The molecule has 6 heteroatoms. The molecule has 1 fully saturated rings. The van der Waals surface area contributed by atoms with E-state index in [1.165, 1.54) is 15.8 Å². The topological polar surface area (TPSA) is 65.6 Å². The maximum absolute atomic E-state index is 12.0. The average molecular weight is 245 g/mol. The van der Waals surface area contributed by atoms with Crippen LogP contribution in [0.3, 0.4) is 0 Å². The zero-order chi connectivity index (χ0) is 12.4. The van der Waals surface area contributed by atoms with Gasteiger partial charge in [-0.2, -0.15) is 9.36 Å². The zero-order valence-electron chi connectivity index (χ0n) is 10.1. The van der Waals surface area contributed by atoms with Gasteiger partial charge < -0.3 is 0 Å². The van der Waals surface area contributed by atoms with Gasteiger partial charge in [0.1, 0.15) is 0 Å². The number of aromatic nitrogens is 5. The molecule has 0 aromatic carbocycles. The first-order valence-corrected chi connectivity index (χ1v) is 6.27. The Balaban J connectivity index is 1.70. The fourth-order valence-corrected chi connectivity index (χ4v) is 2.05. The number of nitrogens with zero attached hydrogens (tertiary/aromatic N) is 5. The Hall–Kier alpha value is -1.98. The van der Waals surface area contributed by atoms with Crippen molar-refractivity contribution in [1.29, 1.82) is 0 Å². The number of rotatable bonds is 4. The molecule has 1 aliphatic carbocycles. The van der Waals surface area contributed by atoms with Gasteiger partial charge in [-0.3, -0.25) is 4.98 Å². The smallest absolute Gasteiger partial charge is 0.261 e. The van der Waals surface area contributed by atoms with Crippen molar-refractivity contribution in [3.63, 3.8) is 0 Å². The molecular weight excluding hydrogens is 230 g/mol. The SMILES string of the molecule is O=c1n(CCc2ccccn2)nnn1C1CCC1. The molecule has 3 rings (SSSR count). The molecule has 2 aromatic heterocycles. The molecule has 6 nitrogen and oxygen atoms in total. The summed E-state index contributed by atoms with van der Waals surface area (Å²) in [5.41, 5.74) is 0.859. The highest BCUT2D eigenvalue weighted by molar-refractivity contribution is 5.03. The van der Waals surface area contributed by atoms with Gasteiger partial charge in [0, 0.05) is 18.3 Å². The van der Waals surface area contributed by atoms with Crippen molar-refractivity contribution in [3.8, 4) is 0 Å². The third kappa shape index (κ3) is 2.05. The van der Waals surface area contributed by atoms with Crippen LogP contribution in [0.4, 0.5) is 0 Å². The number of tetrazole rings is 1. The fourth-order valence-electron chi connectivity index (χ4n) is 2.05. The van der Waals surface area contributed by atoms with E-state index >= 15 is 0 Å². The summed E-state index contributed by atoms with van der Waals surface area (Å²) in [4.78, 5) is 16.2. The summed E-state index contributed by atoms with van der Waals surface area (Å²) in [6.07, 6.45) is 5.71. The molecule has 0 unspecified atom stereocenters. The Kier molecular flexibility index (Phi) is 2.92. The molecule has 0 saturated heterocycles. The summed E-state index contributed by atoms with van der Waals surface area (Å²) in [6, 6.07) is 6.03. The molecule has 2 heterocycles. The molecule has 0 N–H and O–H groups in total. The minimum atomic E-state index is -0.101. The van der Waals surface area contributed by atoms with Gasteiger partial charge in [0.25, 0.3) is 0 Å². The maximum atomic E-state index is 12.0. The molecule has 0 amide bonds. The first-order chi connectivity index (χ1) is 8.84. The van der Waals surface area contributed by atoms with Crippen LogP contribution in [0, 0.1) is 0 Å². The minimum Gasteiger partial charge on any atom is -0.261 e. The maximum Gasteiger partial charge on any atom is 0.363 e. The van der Waals surface area contributed by atoms with Crippen molar-refractivity contribution in [1.82, 2.24) is 24.8 Å². The summed E-state index contributed by atoms with van der Waals surface area (Å²) in [5, 5.41) is 7.87. The van der Waals surface area contributed by atoms with E-state index in [4.69, 9.17) is 0 Å². The second kappa shape index (κ2) is 4.72. The van der Waals surface area contributed by atoms with Gasteiger partial charge in [-0.25, -0.2) is 4.79 Å². The van der Waals surface area contributed by atoms with Crippen molar-refractivity contribution in [2.24, 2.45) is 0 Å². The number of hydrogen-bond donors (Lipinski definition) is 0. The molecule has 0 aliphatic heterocycles. The van der Waals surface area contributed by atoms with Crippen LogP contribution >= 0.6 is 0 Å². The molecule has 1 saturated carbocycles. The van der Waals surface area contributed by atoms with E-state index in [1.807, 2.05) is 18.2 Å². The molecule has 0 bridgehead atoms. The molecule has 0 spiro atoms. The Morgan fingerprint density at radius 1 is 1.28 bits per heavy atom. The lowest BCUT2D eigenvalue weighted by Gasteiger charge is -2.23. The van der Waals surface area contributed by atoms with E-state index in [0.29, 0.717) is 13.0 Å². The van der Waals surface area contributed by atoms with E-state index in [1.54, 1.807) is 6.20 Å². The highest BCUT2D eigenvalue weighted by Crippen LogP contribution is 2.28. The van der Waals surface area contributed by atoms with Gasteiger partial charge in [0.15, 0.2) is 0 Å². The van der Waals surface area contributed by atoms with Gasteiger partial charge in [-0.05, 0) is 41.8 Å². The van der Waals surface area contributed by atoms with Crippen LogP contribution in [0.1, 0.15) is 31.0 Å². The summed E-state index contributed by atoms with van der Waals surface area (Å²) >= 11 is 0. The summed E-state index contributed by atoms with van der Waals surface area (Å²) < 4.78 is 2.94. The van der Waals surface area contributed by atoms with E-state index in [0.717, 1.165) is 18.5 Å². The zero-order valence-corrected chi connectivity index (χ0v) is 10.1. The van der Waals surface area contributed by atoms with E-state index in [-0.39, 0.29) is 11.7 Å². The second-order valence-electron chi connectivity index (χ2n) is 4.58. The lowest BCUT2D eigenvalue weighted by molar-refractivity contribution is 0.277. The Bertz CT molecular complexity index is 570. The van der Waals surface area contributed by atoms with Gasteiger partial charge in [0.05, 0.1) is 12.6 Å². The number of aryl methyl sites for hydroxylation is 2. The molecule has 1 aliphatic rings. The van der Waals surface area contributed by atoms with Crippen LogP contribution in [-0.2, 0) is 13.0 Å². The molecule has 94 valence electrons. The third-order valence-electron chi connectivity index (χ3n) is 3.39. The summed E-state index contributed by atoms with van der Waals surface area (Å²) in [6.45, 7) is 0.530. The normalized spacial score (nSPS) is 15.6. The molecule has 2 aromatic rings. The highest BCUT2D eigenvalue weighted by Gasteiger charge is 2.23. The standard InChI is InChI=1S/C12H15N5O/c18-12-16(9-7-10-4-1-2-8-13-10)14-15-17(12)11-5-3-6-11/h1-2,4,8,11H,3,5-7,9H2. The highest BCUT2D eigenvalue weighted by atomic mass is 16.2. The van der Waals surface area contributed by atoms with Crippen molar-refractivity contribution in [2.45, 2.75) is 38.3 Å². The van der Waals surface area contributed by atoms with Crippen LogP contribution in [0.15, 0.2) is 29.2 Å². The van der Waals surface area contributed by atoms with E-state index < -0.39 is 0 Å². The van der Waals surface area contributed by atoms with Crippen LogP contribution in [0.5, 0.6) is 0 Å². The van der Waals surface area contributed by atoms with Gasteiger partial charge in [0.2, 0.25) is 0 Å². The summed E-state index contributed by atoms with van der Waals surface area (Å²) in [5.74, 6) is 0. The number of pyridine rings is 1. The van der Waals surface area contributed by atoms with Crippen LogP contribution < -0.4 is 5.69 Å². The van der Waals surface area contributed by atoms with Crippen molar-refractivity contribution in [3.05, 3.63) is 40.6 Å². The predicted octanol–water partition coefficient (Wildman–Crippen LogP) is 0.802. The van der Waals surface area contributed by atoms with E-state index in [9.17, 15) is 4.79 Å². The largest absolute Gasteiger partial charge is 0.363 e. The predicted molar refractivity (Wildman–Crippen MR) is 65.1 cm³/mol. The van der Waals surface area contributed by atoms with Gasteiger partial charge in [-0.15, -0.1) is 0 Å². The minimum absolute atomic E-state index is 0.101. The fraction of sp³-hybridized carbons (Fsp3) is 0.500. The second-order valence-corrected chi connectivity index (χ2v) is 4.58. The monoisotopic (exact) mass is 245 g/mol. The molecule has 0 atom stereocenters. The lowest BCUT2D eigenvalue weighted by Crippen LogP contribution is -2.31. The van der Waals surface area contributed by atoms with Crippen molar-refractivity contribution < 1.29 is 0 Å². The van der Waals surface area contributed by atoms with Gasteiger partial charge >= 0.3 is 5.69 Å². The van der Waals surface area contributed by atoms with Crippen molar-refractivity contribution in [2.75, 3.05) is 0 Å². The van der Waals surface area contributed by atoms with Gasteiger partial charge in [-0.1, -0.05) is 6.07 Å². The Labute approximate surface area is 104 Å². The average Bonchev–Trinajstić information content (AvgIpc) is 2.68. The summed E-state index contributed by atoms with van der Waals surface area (Å²) in [7, 11) is 0. The van der Waals surface area contributed by atoms with Crippen LogP contribution in [0.2, 0.25) is 0 Å². The number of hydrogen-bond acceptors (Lipinski definition) is 4. The van der Waals surface area contributed by atoms with Crippen LogP contribution in [0.25, 0.3) is 0 Å². The Morgan fingerprint density at radius 3 is 2.83 bits per heavy atom.